The van der Waals surface area contributed by atoms with E-state index in [1.807, 2.05) is 22.6 Å². The average Bonchev–Trinajstić information content (AvgIpc) is 2.68. The van der Waals surface area contributed by atoms with E-state index in [9.17, 15) is 14.4 Å². The highest BCUT2D eigenvalue weighted by atomic mass is 127. The average molecular weight is 617 g/mol. The number of halogens is 2. The molecule has 0 heterocycles. The number of rotatable bonds is 7. The lowest BCUT2D eigenvalue weighted by atomic mass is 10.0. The second-order valence-corrected chi connectivity index (χ2v) is 11.3. The highest BCUT2D eigenvalue weighted by molar-refractivity contribution is 14.1. The van der Waals surface area contributed by atoms with Crippen LogP contribution in [0, 0.1) is 3.57 Å². The monoisotopic (exact) mass is 616 g/mol. The van der Waals surface area contributed by atoms with Crippen molar-refractivity contribution in [2.45, 2.75) is 65.2 Å². The molecule has 190 valence electrons. The zero-order chi connectivity index (χ0) is 26.6. The Balaban J connectivity index is 2.43. The second kappa shape index (κ2) is 11.5. The Morgan fingerprint density at radius 3 is 2.06 bits per heavy atom. The van der Waals surface area contributed by atoms with Crippen LogP contribution in [0.15, 0.2) is 36.4 Å². The number of esters is 1. The zero-order valence-electron chi connectivity index (χ0n) is 20.5. The molecule has 2 aromatic carbocycles. The summed E-state index contributed by atoms with van der Waals surface area (Å²) in [6, 6.07) is 8.80. The lowest BCUT2D eigenvalue weighted by molar-refractivity contribution is -0.157. The molecule has 0 fully saturated rings. The number of carbonyl (C=O) groups excluding carboxylic acids is 3. The van der Waals surface area contributed by atoms with Gasteiger partial charge in [-0.05, 0) is 106 Å². The summed E-state index contributed by atoms with van der Waals surface area (Å²) in [5.74, 6) is -0.487. The molecule has 0 bridgehead atoms. The summed E-state index contributed by atoms with van der Waals surface area (Å²) in [5, 5.41) is 3.13. The number of carbonyl (C=O) groups is 3. The van der Waals surface area contributed by atoms with Crippen LogP contribution < -0.4 is 15.8 Å². The van der Waals surface area contributed by atoms with E-state index in [2.05, 4.69) is 5.32 Å². The van der Waals surface area contributed by atoms with Crippen molar-refractivity contribution in [2.75, 3.05) is 0 Å². The molecule has 0 aliphatic heterocycles. The van der Waals surface area contributed by atoms with E-state index in [0.29, 0.717) is 25.7 Å². The summed E-state index contributed by atoms with van der Waals surface area (Å²) in [4.78, 5) is 37.6. The van der Waals surface area contributed by atoms with Crippen LogP contribution in [0.4, 0.5) is 4.79 Å². The predicted molar refractivity (Wildman–Crippen MR) is 142 cm³/mol. The summed E-state index contributed by atoms with van der Waals surface area (Å²) in [6.45, 7) is 10.3. The molecule has 0 aromatic heterocycles. The topological polar surface area (TPSA) is 117 Å². The van der Waals surface area contributed by atoms with Crippen molar-refractivity contribution in [3.05, 3.63) is 56.1 Å². The molecule has 10 heteroatoms. The maximum Gasteiger partial charge on any atom is 0.408 e. The van der Waals surface area contributed by atoms with E-state index in [1.165, 1.54) is 6.07 Å². The quantitative estimate of drug-likeness (QED) is 0.308. The molecule has 2 amide bonds. The zero-order valence-corrected chi connectivity index (χ0v) is 23.4. The SMILES string of the molecule is CC(C)(C)OC(=O)NC(Cc1cc(Oc2ccc(Cl)cc2)cc(C(N)=O)c1I)C(=O)OC(C)(C)C. The van der Waals surface area contributed by atoms with Crippen LogP contribution in [0.1, 0.15) is 57.5 Å². The molecule has 8 nitrogen and oxygen atoms in total. The van der Waals surface area contributed by atoms with Crippen molar-refractivity contribution in [3.63, 3.8) is 0 Å². The Labute approximate surface area is 224 Å². The van der Waals surface area contributed by atoms with Crippen LogP contribution >= 0.6 is 34.2 Å². The van der Waals surface area contributed by atoms with Gasteiger partial charge in [-0.25, -0.2) is 9.59 Å². The first-order valence-electron chi connectivity index (χ1n) is 10.8. The van der Waals surface area contributed by atoms with Gasteiger partial charge in [0.1, 0.15) is 28.7 Å². The molecule has 2 aromatic rings. The number of hydrogen-bond acceptors (Lipinski definition) is 6. The molecule has 2 rings (SSSR count). The summed E-state index contributed by atoms with van der Waals surface area (Å²) in [6.07, 6.45) is -0.767. The van der Waals surface area contributed by atoms with Crippen molar-refractivity contribution in [1.29, 1.82) is 0 Å². The third-order valence-electron chi connectivity index (χ3n) is 4.24. The van der Waals surface area contributed by atoms with E-state index < -0.39 is 35.2 Å². The number of ether oxygens (including phenoxy) is 3. The molecular formula is C25H30ClIN2O6. The van der Waals surface area contributed by atoms with Gasteiger partial charge >= 0.3 is 12.1 Å². The Morgan fingerprint density at radius 2 is 1.54 bits per heavy atom. The van der Waals surface area contributed by atoms with Gasteiger partial charge in [-0.2, -0.15) is 0 Å². The van der Waals surface area contributed by atoms with Gasteiger partial charge < -0.3 is 25.3 Å². The fourth-order valence-corrected chi connectivity index (χ4v) is 3.84. The van der Waals surface area contributed by atoms with Gasteiger partial charge in [0.25, 0.3) is 0 Å². The molecule has 1 atom stereocenters. The number of amides is 2. The van der Waals surface area contributed by atoms with Gasteiger partial charge in [-0.15, -0.1) is 0 Å². The Morgan fingerprint density at radius 1 is 0.971 bits per heavy atom. The number of nitrogens with one attached hydrogen (secondary N) is 1. The molecule has 0 saturated carbocycles. The fraction of sp³-hybridized carbons (Fsp3) is 0.400. The summed E-state index contributed by atoms with van der Waals surface area (Å²) in [7, 11) is 0. The molecule has 3 N–H and O–H groups in total. The first-order valence-corrected chi connectivity index (χ1v) is 12.3. The predicted octanol–water partition coefficient (Wildman–Crippen LogP) is 5.61. The van der Waals surface area contributed by atoms with Crippen molar-refractivity contribution >= 4 is 52.2 Å². The molecular weight excluding hydrogens is 587 g/mol. The first kappa shape index (κ1) is 28.7. The van der Waals surface area contributed by atoms with Crippen LogP contribution in [0.25, 0.3) is 0 Å². The van der Waals surface area contributed by atoms with Crippen LogP contribution in [-0.4, -0.2) is 35.2 Å². The van der Waals surface area contributed by atoms with Gasteiger partial charge in [0.2, 0.25) is 5.91 Å². The summed E-state index contributed by atoms with van der Waals surface area (Å²) < 4.78 is 17.2. The van der Waals surface area contributed by atoms with Crippen molar-refractivity contribution in [2.24, 2.45) is 5.73 Å². The molecule has 0 saturated heterocycles. The molecule has 0 aliphatic carbocycles. The third-order valence-corrected chi connectivity index (χ3v) is 5.77. The van der Waals surface area contributed by atoms with Crippen LogP contribution in [0.3, 0.4) is 0 Å². The van der Waals surface area contributed by atoms with Crippen molar-refractivity contribution in [3.8, 4) is 11.5 Å². The second-order valence-electron chi connectivity index (χ2n) is 9.80. The highest BCUT2D eigenvalue weighted by Gasteiger charge is 2.30. The minimum Gasteiger partial charge on any atom is -0.458 e. The summed E-state index contributed by atoms with van der Waals surface area (Å²) in [5.41, 5.74) is 4.82. The molecule has 0 spiro atoms. The van der Waals surface area contributed by atoms with Gasteiger partial charge in [-0.1, -0.05) is 11.6 Å². The van der Waals surface area contributed by atoms with E-state index in [4.69, 9.17) is 31.5 Å². The lowest BCUT2D eigenvalue weighted by Gasteiger charge is -2.26. The molecule has 0 aliphatic rings. The van der Waals surface area contributed by atoms with Gasteiger partial charge in [0.05, 0.1) is 5.56 Å². The Kier molecular flexibility index (Phi) is 9.41. The number of hydrogen-bond donors (Lipinski definition) is 2. The third kappa shape index (κ3) is 9.56. The maximum atomic E-state index is 13.0. The number of nitrogens with two attached hydrogens (primary N) is 1. The van der Waals surface area contributed by atoms with E-state index in [1.54, 1.807) is 71.9 Å². The van der Waals surface area contributed by atoms with Crippen LogP contribution in [0.5, 0.6) is 11.5 Å². The fourth-order valence-electron chi connectivity index (χ4n) is 2.92. The van der Waals surface area contributed by atoms with Crippen molar-refractivity contribution < 1.29 is 28.6 Å². The minimum absolute atomic E-state index is 0.00449. The molecule has 35 heavy (non-hydrogen) atoms. The standard InChI is InChI=1S/C25H30ClIN2O6/c1-24(2,3)34-22(31)19(29-23(32)35-25(4,5)6)12-14-11-17(13-18(20(14)27)21(28)30)33-16-9-7-15(26)8-10-16/h7-11,13,19H,12H2,1-6H3,(H2,28,30)(H,29,32). The largest absolute Gasteiger partial charge is 0.458 e. The maximum absolute atomic E-state index is 13.0. The highest BCUT2D eigenvalue weighted by Crippen LogP contribution is 2.30. The molecule has 1 unspecified atom stereocenters. The van der Waals surface area contributed by atoms with Crippen molar-refractivity contribution in [1.82, 2.24) is 5.32 Å². The smallest absolute Gasteiger partial charge is 0.408 e. The van der Waals surface area contributed by atoms with Gasteiger partial charge in [0, 0.05) is 15.0 Å². The summed E-state index contributed by atoms with van der Waals surface area (Å²) >= 11 is 7.91. The number of alkyl carbamates (subject to hydrolysis) is 1. The minimum atomic E-state index is -1.09. The normalized spacial score (nSPS) is 12.5. The van der Waals surface area contributed by atoms with E-state index in [0.717, 1.165) is 0 Å². The Bertz CT molecular complexity index is 1090. The van der Waals surface area contributed by atoms with Crippen LogP contribution in [0.2, 0.25) is 5.02 Å². The van der Waals surface area contributed by atoms with Crippen LogP contribution in [-0.2, 0) is 20.7 Å². The number of primary amides is 1. The number of benzene rings is 2. The van der Waals surface area contributed by atoms with E-state index in [-0.39, 0.29) is 12.0 Å². The van der Waals surface area contributed by atoms with E-state index >= 15 is 0 Å². The first-order chi connectivity index (χ1) is 16.0. The van der Waals surface area contributed by atoms with Gasteiger partial charge in [0.15, 0.2) is 0 Å². The molecule has 0 radical (unpaired) electrons. The Hall–Kier alpha value is -2.53. The van der Waals surface area contributed by atoms with Gasteiger partial charge in [-0.3, -0.25) is 4.79 Å². The lowest BCUT2D eigenvalue weighted by Crippen LogP contribution is -2.47.